The van der Waals surface area contributed by atoms with Crippen molar-refractivity contribution in [2.24, 2.45) is 0 Å². The van der Waals surface area contributed by atoms with Gasteiger partial charge in [-0.15, -0.1) is 0 Å². The van der Waals surface area contributed by atoms with E-state index in [-0.39, 0.29) is 0 Å². The van der Waals surface area contributed by atoms with E-state index in [4.69, 9.17) is 9.47 Å². The Hall–Kier alpha value is -3.96. The minimum Gasteiger partial charge on any atom is -0.497 e. The number of nitrogens with zero attached hydrogens (tertiary/aromatic N) is 6. The maximum absolute atomic E-state index is 5.37. The molecule has 0 saturated heterocycles. The molecule has 2 aliphatic rings. The van der Waals surface area contributed by atoms with Gasteiger partial charge in [0.2, 0.25) is 0 Å². The number of rotatable bonds is 6. The van der Waals surface area contributed by atoms with Crippen LogP contribution < -0.4 is 9.47 Å². The Kier molecular flexibility index (Phi) is 9.95. The molecule has 0 bridgehead atoms. The van der Waals surface area contributed by atoms with Gasteiger partial charge in [0.05, 0.1) is 37.7 Å². The Morgan fingerprint density at radius 1 is 0.500 bits per heavy atom. The zero-order valence-corrected chi connectivity index (χ0v) is 29.7. The summed E-state index contributed by atoms with van der Waals surface area (Å²) in [7, 11) is 3.46. The number of hydrogen-bond donors (Lipinski definition) is 0. The Morgan fingerprint density at radius 3 is 1.31 bits per heavy atom. The van der Waals surface area contributed by atoms with Gasteiger partial charge < -0.3 is 9.47 Å². The molecule has 0 unspecified atom stereocenters. The second-order valence-electron chi connectivity index (χ2n) is 12.7. The molecular weight excluding hydrogens is 637 g/mol. The van der Waals surface area contributed by atoms with E-state index in [0.29, 0.717) is 12.1 Å². The third kappa shape index (κ3) is 7.08. The molecule has 2 aromatic heterocycles. The van der Waals surface area contributed by atoms with Crippen LogP contribution in [0.3, 0.4) is 0 Å². The van der Waals surface area contributed by atoms with Crippen molar-refractivity contribution in [2.75, 3.05) is 40.4 Å². The van der Waals surface area contributed by atoms with Gasteiger partial charge in [0.1, 0.15) is 33.6 Å². The molecule has 0 fully saturated rings. The fourth-order valence-corrected chi connectivity index (χ4v) is 8.04. The van der Waals surface area contributed by atoms with Crippen LogP contribution in [-0.2, 0) is 25.7 Å². The molecule has 0 amide bonds. The van der Waals surface area contributed by atoms with Crippen molar-refractivity contribution in [3.8, 4) is 11.5 Å². The number of methoxy groups -OCH3 is 2. The van der Waals surface area contributed by atoms with E-state index < -0.39 is 0 Å². The lowest BCUT2D eigenvalue weighted by Gasteiger charge is -2.27. The highest BCUT2D eigenvalue weighted by atomic mass is 32.1. The topological polar surface area (TPSA) is 76.5 Å². The summed E-state index contributed by atoms with van der Waals surface area (Å²) in [6, 6.07) is 26.6. The number of fused-ring (bicyclic) bond motifs is 4. The highest BCUT2D eigenvalue weighted by Gasteiger charge is 2.22. The molecule has 2 aliphatic heterocycles. The molecule has 0 aliphatic carbocycles. The molecule has 8 nitrogen and oxygen atoms in total. The maximum Gasteiger partial charge on any atom is 0.119 e. The molecule has 0 saturated carbocycles. The second kappa shape index (κ2) is 14.7. The summed E-state index contributed by atoms with van der Waals surface area (Å²) in [6.45, 7) is 8.86. The minimum absolute atomic E-state index is 0.382. The van der Waals surface area contributed by atoms with Crippen molar-refractivity contribution in [3.63, 3.8) is 0 Å². The Bertz CT molecular complexity index is 1860. The predicted molar refractivity (Wildman–Crippen MR) is 196 cm³/mol. The molecule has 0 spiro atoms. The number of ether oxygens (including phenoxy) is 2. The van der Waals surface area contributed by atoms with Gasteiger partial charge in [-0.05, 0) is 121 Å². The van der Waals surface area contributed by atoms with Crippen LogP contribution in [0.15, 0.2) is 72.8 Å². The normalized spacial score (nSPS) is 16.6. The van der Waals surface area contributed by atoms with Gasteiger partial charge >= 0.3 is 0 Å². The van der Waals surface area contributed by atoms with E-state index in [1.165, 1.54) is 56.8 Å². The minimum atomic E-state index is 0.382. The van der Waals surface area contributed by atoms with Crippen molar-refractivity contribution >= 4 is 45.5 Å². The van der Waals surface area contributed by atoms with Gasteiger partial charge in [-0.25, -0.2) is 0 Å². The summed E-state index contributed by atoms with van der Waals surface area (Å²) >= 11 is 2.56. The molecule has 4 heterocycles. The Morgan fingerprint density at radius 2 is 0.896 bits per heavy atom. The lowest BCUT2D eigenvalue weighted by molar-refractivity contribution is 0.221. The van der Waals surface area contributed by atoms with Crippen LogP contribution in [0, 0.1) is 0 Å². The first-order chi connectivity index (χ1) is 23.5. The van der Waals surface area contributed by atoms with E-state index in [2.05, 4.69) is 114 Å². The first-order valence-electron chi connectivity index (χ1n) is 16.7. The smallest absolute Gasteiger partial charge is 0.119 e. The zero-order chi connectivity index (χ0) is 33.0. The van der Waals surface area contributed by atoms with Gasteiger partial charge in [0.15, 0.2) is 0 Å². The first kappa shape index (κ1) is 32.6. The van der Waals surface area contributed by atoms with Gasteiger partial charge in [0.25, 0.3) is 0 Å². The molecule has 8 rings (SSSR count). The average molecular weight is 679 g/mol. The predicted octanol–water partition coefficient (Wildman–Crippen LogP) is 7.72. The van der Waals surface area contributed by atoms with Gasteiger partial charge in [-0.2, -0.15) is 17.5 Å². The average Bonchev–Trinajstić information content (AvgIpc) is 3.69. The van der Waals surface area contributed by atoms with E-state index >= 15 is 0 Å². The van der Waals surface area contributed by atoms with E-state index in [0.717, 1.165) is 85.4 Å². The van der Waals surface area contributed by atoms with Crippen LogP contribution in [-0.4, -0.2) is 67.7 Å². The van der Waals surface area contributed by atoms with Crippen molar-refractivity contribution in [1.29, 1.82) is 0 Å². The first-order valence-corrected chi connectivity index (χ1v) is 18.2. The van der Waals surface area contributed by atoms with Gasteiger partial charge in [-0.1, -0.05) is 24.3 Å². The van der Waals surface area contributed by atoms with Crippen molar-refractivity contribution in [1.82, 2.24) is 27.3 Å². The zero-order valence-electron chi connectivity index (χ0n) is 28.1. The molecule has 10 heteroatoms. The molecule has 48 heavy (non-hydrogen) atoms. The fourth-order valence-electron chi connectivity index (χ4n) is 7.01. The Balaban J connectivity index is 0.000000152. The van der Waals surface area contributed by atoms with Crippen molar-refractivity contribution in [2.45, 2.75) is 51.6 Å². The van der Waals surface area contributed by atoms with Crippen LogP contribution in [0.5, 0.6) is 11.5 Å². The van der Waals surface area contributed by atoms with Crippen LogP contribution >= 0.6 is 23.5 Å². The largest absolute Gasteiger partial charge is 0.497 e. The maximum atomic E-state index is 5.37. The number of benzene rings is 4. The molecule has 0 radical (unpaired) electrons. The third-order valence-electron chi connectivity index (χ3n) is 10.1. The summed E-state index contributed by atoms with van der Waals surface area (Å²) in [5, 5.41) is 0. The van der Waals surface area contributed by atoms with E-state index in [9.17, 15) is 0 Å². The van der Waals surface area contributed by atoms with Crippen molar-refractivity contribution < 1.29 is 9.47 Å². The summed E-state index contributed by atoms with van der Waals surface area (Å²) in [4.78, 5) is 5.13. The van der Waals surface area contributed by atoms with Crippen LogP contribution in [0.1, 0.15) is 59.3 Å². The highest BCUT2D eigenvalue weighted by Crippen LogP contribution is 2.30. The molecule has 6 aromatic rings. The SMILES string of the molecule is COc1ccc2c(c1)CCN([C@@H](C)c1ccc3nsnc3c1)CC2.COc1ccc2c(c1)CCN([C@H](C)c1ccc3nsnc3c1)CC2. The highest BCUT2D eigenvalue weighted by molar-refractivity contribution is 7.00. The molecule has 0 N–H and O–H groups in total. The number of hydrogen-bond acceptors (Lipinski definition) is 10. The molecular formula is C38H42N6O2S2. The fraction of sp³-hybridized carbons (Fsp3) is 0.368. The molecule has 248 valence electrons. The quantitative estimate of drug-likeness (QED) is 0.177. The number of aromatic nitrogens is 4. The molecule has 4 aromatic carbocycles. The summed E-state index contributed by atoms with van der Waals surface area (Å²) in [5.74, 6) is 1.91. The van der Waals surface area contributed by atoms with Gasteiger partial charge in [0, 0.05) is 38.3 Å². The van der Waals surface area contributed by atoms with E-state index in [1.54, 1.807) is 14.2 Å². The van der Waals surface area contributed by atoms with E-state index in [1.807, 2.05) is 0 Å². The van der Waals surface area contributed by atoms with Crippen LogP contribution in [0.4, 0.5) is 0 Å². The Labute approximate surface area is 291 Å². The summed E-state index contributed by atoms with van der Waals surface area (Å²) in [6.07, 6.45) is 4.31. The lowest BCUT2D eigenvalue weighted by atomic mass is 10.0. The molecule has 2 atom stereocenters. The summed E-state index contributed by atoms with van der Waals surface area (Å²) in [5.41, 5.74) is 12.4. The van der Waals surface area contributed by atoms with Crippen LogP contribution in [0.2, 0.25) is 0 Å². The summed E-state index contributed by atoms with van der Waals surface area (Å²) < 4.78 is 28.1. The standard InChI is InChI=1S/2C19H21N3OS/c2*1-13(15-4-6-18-19(12-15)21-24-20-18)22-9-7-14-3-5-17(23-2)11-16(14)8-10-22/h2*3-6,11-13H,7-10H2,1-2H3/t2*13-/m10/s1. The third-order valence-corrected chi connectivity index (χ3v) is 11.2. The van der Waals surface area contributed by atoms with Crippen molar-refractivity contribution in [3.05, 3.63) is 106 Å². The van der Waals surface area contributed by atoms with Gasteiger partial charge in [-0.3, -0.25) is 9.80 Å². The van der Waals surface area contributed by atoms with Crippen LogP contribution in [0.25, 0.3) is 22.1 Å². The monoisotopic (exact) mass is 678 g/mol. The lowest BCUT2D eigenvalue weighted by Crippen LogP contribution is -2.29. The second-order valence-corrected chi connectivity index (χ2v) is 13.8.